The van der Waals surface area contributed by atoms with E-state index < -0.39 is 6.04 Å². The fourth-order valence-electron chi connectivity index (χ4n) is 4.07. The van der Waals surface area contributed by atoms with Gasteiger partial charge in [-0.1, -0.05) is 45.0 Å². The number of nitrogens with zero attached hydrogens (tertiary/aromatic N) is 2. The second-order valence-electron chi connectivity index (χ2n) is 9.29. The predicted molar refractivity (Wildman–Crippen MR) is 128 cm³/mol. The van der Waals surface area contributed by atoms with Crippen molar-refractivity contribution in [2.24, 2.45) is 10.4 Å². The quantitative estimate of drug-likeness (QED) is 0.652. The van der Waals surface area contributed by atoms with Crippen LogP contribution in [0.15, 0.2) is 35.0 Å². The first-order valence-corrected chi connectivity index (χ1v) is 11.1. The van der Waals surface area contributed by atoms with Gasteiger partial charge in [0.15, 0.2) is 0 Å². The summed E-state index contributed by atoms with van der Waals surface area (Å²) < 4.78 is 0. The minimum atomic E-state index is -0.398. The Morgan fingerprint density at radius 2 is 1.87 bits per heavy atom. The molecule has 1 aromatic carbocycles. The van der Waals surface area contributed by atoms with Crippen molar-refractivity contribution in [3.8, 4) is 0 Å². The van der Waals surface area contributed by atoms with Crippen LogP contribution in [0.2, 0.25) is 0 Å². The lowest BCUT2D eigenvalue weighted by Gasteiger charge is -2.34. The van der Waals surface area contributed by atoms with E-state index in [9.17, 15) is 9.59 Å². The summed E-state index contributed by atoms with van der Waals surface area (Å²) in [7, 11) is 1.80. The number of allylic oxidation sites excluding steroid dienone is 2. The van der Waals surface area contributed by atoms with Crippen molar-refractivity contribution in [1.82, 2.24) is 15.5 Å². The van der Waals surface area contributed by atoms with Gasteiger partial charge in [0.05, 0.1) is 6.04 Å². The molecule has 2 N–H and O–H groups in total. The van der Waals surface area contributed by atoms with Gasteiger partial charge in [-0.2, -0.15) is 0 Å². The van der Waals surface area contributed by atoms with Crippen LogP contribution in [-0.2, 0) is 16.1 Å². The van der Waals surface area contributed by atoms with Gasteiger partial charge in [-0.25, -0.2) is 0 Å². The maximum atomic E-state index is 13.1. The van der Waals surface area contributed by atoms with E-state index in [1.165, 1.54) is 0 Å². The largest absolute Gasteiger partial charge is 0.350 e. The third-order valence-corrected chi connectivity index (χ3v) is 5.96. The van der Waals surface area contributed by atoms with Crippen LogP contribution in [0.25, 0.3) is 5.57 Å². The van der Waals surface area contributed by atoms with E-state index in [0.29, 0.717) is 19.5 Å². The Hall–Kier alpha value is -2.47. The first-order valence-electron chi connectivity index (χ1n) is 11.1. The molecule has 2 unspecified atom stereocenters. The summed E-state index contributed by atoms with van der Waals surface area (Å²) in [4.78, 5) is 32.1. The molecular formula is C25H38N4O2. The molecule has 2 rings (SSSR count). The zero-order valence-electron chi connectivity index (χ0n) is 20.1. The number of aliphatic imine (C=N–C) groups is 1. The molecule has 1 heterocycles. The summed E-state index contributed by atoms with van der Waals surface area (Å²) in [6.07, 6.45) is 3.35. The van der Waals surface area contributed by atoms with Gasteiger partial charge in [-0.3, -0.25) is 14.6 Å². The van der Waals surface area contributed by atoms with Crippen LogP contribution in [0.1, 0.15) is 65.5 Å². The molecule has 1 saturated heterocycles. The normalized spacial score (nSPS) is 18.8. The number of carbonyl (C=O) groups excluding carboxylic acids is 2. The fourth-order valence-corrected chi connectivity index (χ4v) is 4.07. The van der Waals surface area contributed by atoms with E-state index in [0.717, 1.165) is 28.8 Å². The summed E-state index contributed by atoms with van der Waals surface area (Å²) in [6.45, 7) is 13.1. The Morgan fingerprint density at radius 3 is 2.42 bits per heavy atom. The zero-order valence-corrected chi connectivity index (χ0v) is 20.1. The Morgan fingerprint density at radius 1 is 1.23 bits per heavy atom. The molecule has 6 nitrogen and oxygen atoms in total. The Labute approximate surface area is 187 Å². The highest BCUT2D eigenvalue weighted by atomic mass is 16.2. The standard InChI is InChI=1S/C25H38N4O2/c1-8-27-18(3)17(2)20-13-11-19(12-14-20)16-28-23(30)21-10-9-15-29(21)24(31)22(26-7)25(4,5)6/h8,11-14,21-22,26H,9-10,15-16H2,1-7H3,(H,28,30)/b18-17+,27-8?. The highest BCUT2D eigenvalue weighted by Gasteiger charge is 2.40. The number of carbonyl (C=O) groups is 2. The highest BCUT2D eigenvalue weighted by Crippen LogP contribution is 2.25. The van der Waals surface area contributed by atoms with E-state index in [2.05, 4.69) is 34.7 Å². The molecule has 1 aliphatic rings. The predicted octanol–water partition coefficient (Wildman–Crippen LogP) is 3.77. The summed E-state index contributed by atoms with van der Waals surface area (Å²) in [5.74, 6) is -0.0766. The van der Waals surface area contributed by atoms with Gasteiger partial charge in [0.2, 0.25) is 11.8 Å². The molecule has 0 aromatic heterocycles. The maximum Gasteiger partial charge on any atom is 0.243 e. The van der Waals surface area contributed by atoms with Crippen molar-refractivity contribution >= 4 is 23.6 Å². The Kier molecular flexibility index (Phi) is 8.57. The van der Waals surface area contributed by atoms with Crippen LogP contribution in [-0.4, -0.2) is 48.6 Å². The number of benzene rings is 1. The first kappa shape index (κ1) is 24.8. The van der Waals surface area contributed by atoms with Crippen LogP contribution in [0.5, 0.6) is 0 Å². The monoisotopic (exact) mass is 426 g/mol. The number of rotatable bonds is 7. The van der Waals surface area contributed by atoms with Crippen molar-refractivity contribution < 1.29 is 9.59 Å². The van der Waals surface area contributed by atoms with Crippen LogP contribution in [0, 0.1) is 5.41 Å². The third-order valence-electron chi connectivity index (χ3n) is 5.96. The van der Waals surface area contributed by atoms with Gasteiger partial charge in [0.1, 0.15) is 6.04 Å². The van der Waals surface area contributed by atoms with Gasteiger partial charge in [-0.15, -0.1) is 0 Å². The van der Waals surface area contributed by atoms with Crippen LogP contribution in [0.4, 0.5) is 0 Å². The van der Waals surface area contributed by atoms with Crippen LogP contribution in [0.3, 0.4) is 0 Å². The lowest BCUT2D eigenvalue weighted by molar-refractivity contribution is -0.142. The van der Waals surface area contributed by atoms with E-state index in [-0.39, 0.29) is 23.3 Å². The molecule has 31 heavy (non-hydrogen) atoms. The summed E-state index contributed by atoms with van der Waals surface area (Å²) in [5, 5.41) is 6.16. The fraction of sp³-hybridized carbons (Fsp3) is 0.560. The number of likely N-dealkylation sites (tertiary alicyclic amines) is 1. The average Bonchev–Trinajstić information content (AvgIpc) is 3.21. The molecule has 1 aliphatic heterocycles. The van der Waals surface area contributed by atoms with Gasteiger partial charge in [-0.05, 0) is 62.8 Å². The minimum Gasteiger partial charge on any atom is -0.350 e. The summed E-state index contributed by atoms with van der Waals surface area (Å²) in [5.41, 5.74) is 4.05. The molecular weight excluding hydrogens is 388 g/mol. The number of amides is 2. The second-order valence-corrected chi connectivity index (χ2v) is 9.29. The summed E-state index contributed by atoms with van der Waals surface area (Å²) >= 11 is 0. The lowest BCUT2D eigenvalue weighted by atomic mass is 9.86. The van der Waals surface area contributed by atoms with E-state index >= 15 is 0 Å². The molecule has 1 aromatic rings. The Bertz CT molecular complexity index is 834. The zero-order chi connectivity index (χ0) is 23.2. The van der Waals surface area contributed by atoms with Crippen molar-refractivity contribution in [2.45, 2.75) is 73.0 Å². The first-order chi connectivity index (χ1) is 14.6. The van der Waals surface area contributed by atoms with Crippen molar-refractivity contribution in [3.05, 3.63) is 41.1 Å². The number of likely N-dealkylation sites (N-methyl/N-ethyl adjacent to an activating group) is 1. The molecule has 6 heteroatoms. The number of nitrogens with one attached hydrogen (secondary N) is 2. The SMILES string of the molecule is CC=N/C(C)=C(\C)c1ccc(CNC(=O)C2CCCN2C(=O)C(NC)C(C)(C)C)cc1. The highest BCUT2D eigenvalue weighted by molar-refractivity contribution is 5.90. The van der Waals surface area contributed by atoms with Crippen LogP contribution >= 0.6 is 0 Å². The van der Waals surface area contributed by atoms with Gasteiger partial charge >= 0.3 is 0 Å². The molecule has 0 radical (unpaired) electrons. The van der Waals surface area contributed by atoms with Crippen LogP contribution < -0.4 is 10.6 Å². The molecule has 170 valence electrons. The van der Waals surface area contributed by atoms with Crippen molar-refractivity contribution in [2.75, 3.05) is 13.6 Å². The Balaban J connectivity index is 2.02. The molecule has 2 atom stereocenters. The molecule has 1 fully saturated rings. The van der Waals surface area contributed by atoms with Gasteiger partial charge in [0, 0.05) is 25.0 Å². The summed E-state index contributed by atoms with van der Waals surface area (Å²) in [6, 6.07) is 7.44. The second kappa shape index (κ2) is 10.7. The van der Waals surface area contributed by atoms with E-state index in [1.807, 2.05) is 46.8 Å². The molecule has 0 bridgehead atoms. The maximum absolute atomic E-state index is 13.1. The van der Waals surface area contributed by atoms with Gasteiger partial charge < -0.3 is 15.5 Å². The average molecular weight is 427 g/mol. The number of hydrogen-bond donors (Lipinski definition) is 2. The molecule has 2 amide bonds. The number of hydrogen-bond acceptors (Lipinski definition) is 4. The third kappa shape index (κ3) is 6.26. The van der Waals surface area contributed by atoms with Gasteiger partial charge in [0.25, 0.3) is 0 Å². The van der Waals surface area contributed by atoms with Crippen molar-refractivity contribution in [3.63, 3.8) is 0 Å². The van der Waals surface area contributed by atoms with E-state index in [4.69, 9.17) is 0 Å². The molecule has 0 saturated carbocycles. The van der Waals surface area contributed by atoms with E-state index in [1.54, 1.807) is 18.2 Å². The molecule has 0 spiro atoms. The topological polar surface area (TPSA) is 73.8 Å². The van der Waals surface area contributed by atoms with Crippen molar-refractivity contribution in [1.29, 1.82) is 0 Å². The lowest BCUT2D eigenvalue weighted by Crippen LogP contribution is -2.55. The molecule has 0 aliphatic carbocycles. The smallest absolute Gasteiger partial charge is 0.243 e. The minimum absolute atomic E-state index is 0.00405.